The number of aryl methyl sites for hydroxylation is 1. The number of nitrogens with one attached hydrogen (secondary N) is 1. The van der Waals surface area contributed by atoms with Gasteiger partial charge in [0.15, 0.2) is 0 Å². The van der Waals surface area contributed by atoms with Crippen molar-refractivity contribution in [3.8, 4) is 5.75 Å². The Morgan fingerprint density at radius 2 is 2.11 bits per heavy atom. The number of hydrogen-bond donors (Lipinski definition) is 1. The minimum atomic E-state index is 0.191. The molecule has 1 aromatic rings. The maximum absolute atomic E-state index is 12.0. The third-order valence-electron chi connectivity index (χ3n) is 3.61. The Hall–Kier alpha value is -1.51. The van der Waals surface area contributed by atoms with E-state index in [-0.39, 0.29) is 11.8 Å². The van der Waals surface area contributed by atoms with E-state index in [0.29, 0.717) is 6.54 Å². The first-order chi connectivity index (χ1) is 8.70. The van der Waals surface area contributed by atoms with Gasteiger partial charge in [0.05, 0.1) is 7.11 Å². The van der Waals surface area contributed by atoms with Crippen molar-refractivity contribution in [3.63, 3.8) is 0 Å². The van der Waals surface area contributed by atoms with E-state index < -0.39 is 0 Å². The van der Waals surface area contributed by atoms with Gasteiger partial charge < -0.3 is 10.1 Å². The van der Waals surface area contributed by atoms with Gasteiger partial charge in [0, 0.05) is 18.0 Å². The Morgan fingerprint density at radius 3 is 2.78 bits per heavy atom. The van der Waals surface area contributed by atoms with Gasteiger partial charge >= 0.3 is 0 Å². The van der Waals surface area contributed by atoms with Gasteiger partial charge in [-0.15, -0.1) is 0 Å². The lowest BCUT2D eigenvalue weighted by Crippen LogP contribution is -2.28. The number of benzene rings is 1. The minimum absolute atomic E-state index is 0.191. The van der Waals surface area contributed by atoms with Gasteiger partial charge in [0.2, 0.25) is 5.91 Å². The lowest BCUT2D eigenvalue weighted by molar-refractivity contribution is -0.124. The number of carbonyl (C=O) groups excluding carboxylic acids is 1. The van der Waals surface area contributed by atoms with Crippen LogP contribution in [-0.2, 0) is 11.3 Å². The summed E-state index contributed by atoms with van der Waals surface area (Å²) in [7, 11) is 1.66. The Kier molecular flexibility index (Phi) is 4.24. The number of ether oxygens (including phenoxy) is 1. The summed E-state index contributed by atoms with van der Waals surface area (Å²) in [5.74, 6) is 1.25. The van der Waals surface area contributed by atoms with Crippen LogP contribution in [0.3, 0.4) is 0 Å². The molecule has 0 atom stereocenters. The molecule has 1 amide bonds. The van der Waals surface area contributed by atoms with E-state index in [0.717, 1.165) is 24.2 Å². The normalized spacial score (nSPS) is 15.7. The zero-order chi connectivity index (χ0) is 13.0. The van der Waals surface area contributed by atoms with Gasteiger partial charge in [0.1, 0.15) is 5.75 Å². The Morgan fingerprint density at radius 1 is 1.39 bits per heavy atom. The van der Waals surface area contributed by atoms with Crippen LogP contribution in [0.4, 0.5) is 0 Å². The van der Waals surface area contributed by atoms with Crippen LogP contribution in [0.5, 0.6) is 5.75 Å². The Labute approximate surface area is 109 Å². The molecule has 1 aliphatic rings. The average Bonchev–Trinajstić information content (AvgIpc) is 2.90. The molecule has 1 saturated carbocycles. The van der Waals surface area contributed by atoms with Gasteiger partial charge in [-0.05, 0) is 25.8 Å². The van der Waals surface area contributed by atoms with Crippen LogP contribution < -0.4 is 10.1 Å². The molecule has 98 valence electrons. The average molecular weight is 247 g/mol. The molecule has 0 aromatic heterocycles. The second-order valence-corrected chi connectivity index (χ2v) is 5.01. The SMILES string of the molecule is COc1ccc(C)cc1CNC(=O)C1CCCC1. The molecule has 0 aliphatic heterocycles. The molecule has 0 radical (unpaired) electrons. The van der Waals surface area contributed by atoms with E-state index in [2.05, 4.69) is 11.4 Å². The number of amides is 1. The summed E-state index contributed by atoms with van der Waals surface area (Å²) in [6.45, 7) is 2.60. The molecule has 3 heteroatoms. The van der Waals surface area contributed by atoms with Gasteiger partial charge in [-0.25, -0.2) is 0 Å². The zero-order valence-electron chi connectivity index (χ0n) is 11.2. The third kappa shape index (κ3) is 3.03. The van der Waals surface area contributed by atoms with Gasteiger partial charge in [-0.3, -0.25) is 4.79 Å². The molecule has 18 heavy (non-hydrogen) atoms. The monoisotopic (exact) mass is 247 g/mol. The van der Waals surface area contributed by atoms with Crippen LogP contribution in [-0.4, -0.2) is 13.0 Å². The number of rotatable bonds is 4. The molecule has 3 nitrogen and oxygen atoms in total. The summed E-state index contributed by atoms with van der Waals surface area (Å²) in [4.78, 5) is 12.0. The summed E-state index contributed by atoms with van der Waals surface area (Å²) >= 11 is 0. The van der Waals surface area contributed by atoms with Crippen LogP contribution in [0.1, 0.15) is 36.8 Å². The highest BCUT2D eigenvalue weighted by atomic mass is 16.5. The minimum Gasteiger partial charge on any atom is -0.496 e. The summed E-state index contributed by atoms with van der Waals surface area (Å²) in [5, 5.41) is 3.02. The smallest absolute Gasteiger partial charge is 0.223 e. The second-order valence-electron chi connectivity index (χ2n) is 5.01. The predicted molar refractivity (Wildman–Crippen MR) is 71.5 cm³/mol. The number of methoxy groups -OCH3 is 1. The van der Waals surface area contributed by atoms with Crippen LogP contribution in [0.15, 0.2) is 18.2 Å². The van der Waals surface area contributed by atoms with E-state index in [1.807, 2.05) is 19.1 Å². The van der Waals surface area contributed by atoms with Crippen LogP contribution in [0.2, 0.25) is 0 Å². The molecule has 1 aliphatic carbocycles. The first-order valence-corrected chi connectivity index (χ1v) is 6.62. The van der Waals surface area contributed by atoms with Gasteiger partial charge in [-0.1, -0.05) is 30.5 Å². The van der Waals surface area contributed by atoms with Gasteiger partial charge in [0.25, 0.3) is 0 Å². The lowest BCUT2D eigenvalue weighted by Gasteiger charge is -2.13. The second kappa shape index (κ2) is 5.89. The maximum atomic E-state index is 12.0. The molecule has 0 bridgehead atoms. The summed E-state index contributed by atoms with van der Waals surface area (Å²) in [5.41, 5.74) is 2.23. The van der Waals surface area contributed by atoms with Crippen LogP contribution >= 0.6 is 0 Å². The molecule has 0 unspecified atom stereocenters. The molecule has 0 heterocycles. The largest absolute Gasteiger partial charge is 0.496 e. The van der Waals surface area contributed by atoms with Crippen molar-refractivity contribution in [2.24, 2.45) is 5.92 Å². The van der Waals surface area contributed by atoms with Crippen molar-refractivity contribution in [3.05, 3.63) is 29.3 Å². The van der Waals surface area contributed by atoms with E-state index in [1.54, 1.807) is 7.11 Å². The van der Waals surface area contributed by atoms with Crippen molar-refractivity contribution in [1.82, 2.24) is 5.32 Å². The lowest BCUT2D eigenvalue weighted by atomic mass is 10.1. The molecule has 0 spiro atoms. The van der Waals surface area contributed by atoms with E-state index in [9.17, 15) is 4.79 Å². The molecule has 1 N–H and O–H groups in total. The summed E-state index contributed by atoms with van der Waals surface area (Å²) < 4.78 is 5.31. The molecular formula is C15H21NO2. The Bertz CT molecular complexity index is 423. The molecule has 1 fully saturated rings. The summed E-state index contributed by atoms with van der Waals surface area (Å²) in [6.07, 6.45) is 4.45. The van der Waals surface area contributed by atoms with Crippen molar-refractivity contribution in [2.45, 2.75) is 39.2 Å². The van der Waals surface area contributed by atoms with E-state index in [1.165, 1.54) is 18.4 Å². The highest BCUT2D eigenvalue weighted by Gasteiger charge is 2.22. The van der Waals surface area contributed by atoms with Gasteiger partial charge in [-0.2, -0.15) is 0 Å². The Balaban J connectivity index is 1.96. The fourth-order valence-corrected chi connectivity index (χ4v) is 2.56. The highest BCUT2D eigenvalue weighted by molar-refractivity contribution is 5.78. The first kappa shape index (κ1) is 12.9. The standard InChI is InChI=1S/C15H21NO2/c1-11-7-8-14(18-2)13(9-11)10-16-15(17)12-5-3-4-6-12/h7-9,12H,3-6,10H2,1-2H3,(H,16,17). The maximum Gasteiger partial charge on any atom is 0.223 e. The molecule has 0 saturated heterocycles. The van der Waals surface area contributed by atoms with Crippen molar-refractivity contribution in [2.75, 3.05) is 7.11 Å². The first-order valence-electron chi connectivity index (χ1n) is 6.62. The molecule has 1 aromatic carbocycles. The van der Waals surface area contributed by atoms with E-state index >= 15 is 0 Å². The highest BCUT2D eigenvalue weighted by Crippen LogP contribution is 2.25. The molecular weight excluding hydrogens is 226 g/mol. The number of hydrogen-bond acceptors (Lipinski definition) is 2. The van der Waals surface area contributed by atoms with Crippen molar-refractivity contribution in [1.29, 1.82) is 0 Å². The topological polar surface area (TPSA) is 38.3 Å². The number of carbonyl (C=O) groups is 1. The van der Waals surface area contributed by atoms with Crippen molar-refractivity contribution < 1.29 is 9.53 Å². The molecule has 2 rings (SSSR count). The summed E-state index contributed by atoms with van der Waals surface area (Å²) in [6, 6.07) is 6.03. The fourth-order valence-electron chi connectivity index (χ4n) is 2.56. The van der Waals surface area contributed by atoms with Crippen LogP contribution in [0.25, 0.3) is 0 Å². The third-order valence-corrected chi connectivity index (χ3v) is 3.61. The van der Waals surface area contributed by atoms with E-state index in [4.69, 9.17) is 4.74 Å². The zero-order valence-corrected chi connectivity index (χ0v) is 11.2. The van der Waals surface area contributed by atoms with Crippen LogP contribution in [0, 0.1) is 12.8 Å². The van der Waals surface area contributed by atoms with Crippen molar-refractivity contribution >= 4 is 5.91 Å². The fraction of sp³-hybridized carbons (Fsp3) is 0.533. The quantitative estimate of drug-likeness (QED) is 0.888. The predicted octanol–water partition coefficient (Wildman–Crippen LogP) is 2.81.